The van der Waals surface area contributed by atoms with E-state index in [1.54, 1.807) is 6.07 Å². The van der Waals surface area contributed by atoms with Crippen LogP contribution in [-0.4, -0.2) is 36.1 Å². The zero-order chi connectivity index (χ0) is 11.2. The van der Waals surface area contributed by atoms with Crippen molar-refractivity contribution in [2.45, 2.75) is 19.3 Å². The Morgan fingerprint density at radius 2 is 2.12 bits per heavy atom. The van der Waals surface area contributed by atoms with Crippen LogP contribution >= 0.6 is 11.6 Å². The van der Waals surface area contributed by atoms with Gasteiger partial charge in [-0.05, 0) is 51.0 Å². The highest BCUT2D eigenvalue weighted by atomic mass is 35.5. The Hall–Kier alpha value is -0.800. The monoisotopic (exact) mass is 239 g/mol. The van der Waals surface area contributed by atoms with E-state index in [4.69, 9.17) is 11.6 Å². The van der Waals surface area contributed by atoms with Crippen LogP contribution in [0.3, 0.4) is 0 Å². The van der Waals surface area contributed by atoms with Gasteiger partial charge in [0, 0.05) is 6.54 Å². The summed E-state index contributed by atoms with van der Waals surface area (Å²) in [5, 5.41) is 3.83. The molecule has 1 aliphatic rings. The maximum absolute atomic E-state index is 5.80. The van der Waals surface area contributed by atoms with Crippen molar-refractivity contribution in [1.82, 2.24) is 9.88 Å². The zero-order valence-electron chi connectivity index (χ0n) is 9.45. The number of aromatic nitrogens is 1. The van der Waals surface area contributed by atoms with E-state index in [0.29, 0.717) is 5.15 Å². The van der Waals surface area contributed by atoms with Gasteiger partial charge in [0.15, 0.2) is 0 Å². The van der Waals surface area contributed by atoms with Gasteiger partial charge in [0.05, 0.1) is 0 Å². The van der Waals surface area contributed by atoms with Crippen molar-refractivity contribution in [2.24, 2.45) is 0 Å². The molecule has 0 aromatic carbocycles. The molecule has 88 valence electrons. The summed E-state index contributed by atoms with van der Waals surface area (Å²) in [6, 6.07) is 5.65. The van der Waals surface area contributed by atoms with Gasteiger partial charge in [-0.25, -0.2) is 4.98 Å². The minimum Gasteiger partial charge on any atom is -0.370 e. The number of likely N-dealkylation sites (tertiary alicyclic amines) is 1. The van der Waals surface area contributed by atoms with Gasteiger partial charge >= 0.3 is 0 Å². The zero-order valence-corrected chi connectivity index (χ0v) is 10.2. The van der Waals surface area contributed by atoms with E-state index in [-0.39, 0.29) is 0 Å². The molecule has 1 saturated heterocycles. The topological polar surface area (TPSA) is 28.2 Å². The maximum atomic E-state index is 5.80. The molecule has 1 aromatic heterocycles. The van der Waals surface area contributed by atoms with Crippen LogP contribution in [0.2, 0.25) is 5.15 Å². The van der Waals surface area contributed by atoms with Crippen molar-refractivity contribution < 1.29 is 0 Å². The third-order valence-corrected chi connectivity index (χ3v) is 3.08. The number of anilines is 1. The molecule has 0 amide bonds. The standard InChI is InChI=1S/C12H18ClN3/c13-11-5-3-6-12(15-11)14-7-4-10-16-8-1-2-9-16/h3,5-6H,1-2,4,7-10H2,(H,14,15). The molecule has 0 aliphatic carbocycles. The first kappa shape index (κ1) is 11.7. The fourth-order valence-corrected chi connectivity index (χ4v) is 2.20. The Bertz CT molecular complexity index is 324. The molecule has 0 bridgehead atoms. The van der Waals surface area contributed by atoms with Gasteiger partial charge < -0.3 is 10.2 Å². The predicted octanol–water partition coefficient (Wildman–Crippen LogP) is 2.63. The van der Waals surface area contributed by atoms with Crippen LogP contribution in [0.5, 0.6) is 0 Å². The molecule has 0 unspecified atom stereocenters. The molecular weight excluding hydrogens is 222 g/mol. The first-order valence-corrected chi connectivity index (χ1v) is 6.31. The normalized spacial score (nSPS) is 16.6. The molecule has 0 radical (unpaired) electrons. The lowest BCUT2D eigenvalue weighted by Gasteiger charge is -2.14. The van der Waals surface area contributed by atoms with Crippen molar-refractivity contribution in [2.75, 3.05) is 31.5 Å². The Labute approximate surface area is 102 Å². The van der Waals surface area contributed by atoms with Crippen LogP contribution < -0.4 is 5.32 Å². The molecule has 1 N–H and O–H groups in total. The van der Waals surface area contributed by atoms with Crippen LogP contribution in [0.15, 0.2) is 18.2 Å². The van der Waals surface area contributed by atoms with Gasteiger partial charge in [-0.2, -0.15) is 0 Å². The highest BCUT2D eigenvalue weighted by Crippen LogP contribution is 2.10. The van der Waals surface area contributed by atoms with E-state index in [9.17, 15) is 0 Å². The van der Waals surface area contributed by atoms with Crippen molar-refractivity contribution in [3.63, 3.8) is 0 Å². The van der Waals surface area contributed by atoms with Crippen molar-refractivity contribution in [3.05, 3.63) is 23.4 Å². The number of halogens is 1. The molecule has 16 heavy (non-hydrogen) atoms. The van der Waals surface area contributed by atoms with Crippen molar-refractivity contribution in [1.29, 1.82) is 0 Å². The largest absolute Gasteiger partial charge is 0.370 e. The first-order chi connectivity index (χ1) is 7.84. The Kier molecular flexibility index (Phi) is 4.43. The van der Waals surface area contributed by atoms with Gasteiger partial charge in [0.25, 0.3) is 0 Å². The smallest absolute Gasteiger partial charge is 0.131 e. The Morgan fingerprint density at radius 1 is 1.31 bits per heavy atom. The molecule has 4 heteroatoms. The molecule has 1 aliphatic heterocycles. The lowest BCUT2D eigenvalue weighted by Crippen LogP contribution is -2.22. The van der Waals surface area contributed by atoms with Gasteiger partial charge in [0.1, 0.15) is 11.0 Å². The highest BCUT2D eigenvalue weighted by Gasteiger charge is 2.09. The molecular formula is C12H18ClN3. The molecule has 2 heterocycles. The quantitative estimate of drug-likeness (QED) is 0.633. The Morgan fingerprint density at radius 3 is 2.88 bits per heavy atom. The fourth-order valence-electron chi connectivity index (χ4n) is 2.03. The minimum atomic E-state index is 0.546. The average Bonchev–Trinajstić information content (AvgIpc) is 2.77. The number of hydrogen-bond donors (Lipinski definition) is 1. The molecule has 2 rings (SSSR count). The number of rotatable bonds is 5. The summed E-state index contributed by atoms with van der Waals surface area (Å²) < 4.78 is 0. The van der Waals surface area contributed by atoms with E-state index < -0.39 is 0 Å². The van der Waals surface area contributed by atoms with Crippen LogP contribution in [-0.2, 0) is 0 Å². The van der Waals surface area contributed by atoms with E-state index in [0.717, 1.165) is 18.8 Å². The first-order valence-electron chi connectivity index (χ1n) is 5.93. The fraction of sp³-hybridized carbons (Fsp3) is 0.583. The summed E-state index contributed by atoms with van der Waals surface area (Å²) >= 11 is 5.80. The van der Waals surface area contributed by atoms with Crippen LogP contribution in [0.25, 0.3) is 0 Å². The Balaban J connectivity index is 1.64. The van der Waals surface area contributed by atoms with Crippen molar-refractivity contribution >= 4 is 17.4 Å². The number of pyridine rings is 1. The van der Waals surface area contributed by atoms with Gasteiger partial charge in [0.2, 0.25) is 0 Å². The second kappa shape index (κ2) is 6.06. The van der Waals surface area contributed by atoms with Gasteiger partial charge in [-0.15, -0.1) is 0 Å². The number of hydrogen-bond acceptors (Lipinski definition) is 3. The second-order valence-electron chi connectivity index (χ2n) is 4.17. The van der Waals surface area contributed by atoms with Crippen LogP contribution in [0.4, 0.5) is 5.82 Å². The lowest BCUT2D eigenvalue weighted by atomic mass is 10.4. The van der Waals surface area contributed by atoms with Gasteiger partial charge in [-0.3, -0.25) is 0 Å². The summed E-state index contributed by atoms with van der Waals surface area (Å²) in [6.45, 7) is 4.70. The molecule has 1 aromatic rings. The van der Waals surface area contributed by atoms with E-state index in [1.165, 1.54) is 32.5 Å². The maximum Gasteiger partial charge on any atom is 0.131 e. The highest BCUT2D eigenvalue weighted by molar-refractivity contribution is 6.29. The summed E-state index contributed by atoms with van der Waals surface area (Å²) in [5.41, 5.74) is 0. The predicted molar refractivity (Wildman–Crippen MR) is 68.0 cm³/mol. The molecule has 0 spiro atoms. The summed E-state index contributed by atoms with van der Waals surface area (Å²) in [5.74, 6) is 0.869. The second-order valence-corrected chi connectivity index (χ2v) is 4.56. The molecule has 0 saturated carbocycles. The number of nitrogens with one attached hydrogen (secondary N) is 1. The van der Waals surface area contributed by atoms with Crippen molar-refractivity contribution in [3.8, 4) is 0 Å². The SMILES string of the molecule is Clc1cccc(NCCCN2CCCC2)n1. The number of nitrogens with zero attached hydrogens (tertiary/aromatic N) is 2. The average molecular weight is 240 g/mol. The van der Waals surface area contributed by atoms with Crippen LogP contribution in [0, 0.1) is 0 Å². The summed E-state index contributed by atoms with van der Waals surface area (Å²) in [7, 11) is 0. The summed E-state index contributed by atoms with van der Waals surface area (Å²) in [4.78, 5) is 6.70. The van der Waals surface area contributed by atoms with E-state index in [2.05, 4.69) is 15.2 Å². The van der Waals surface area contributed by atoms with Crippen LogP contribution in [0.1, 0.15) is 19.3 Å². The molecule has 0 atom stereocenters. The minimum absolute atomic E-state index is 0.546. The summed E-state index contributed by atoms with van der Waals surface area (Å²) in [6.07, 6.45) is 3.89. The molecule has 1 fully saturated rings. The van der Waals surface area contributed by atoms with Gasteiger partial charge in [-0.1, -0.05) is 17.7 Å². The molecule has 3 nitrogen and oxygen atoms in total. The third-order valence-electron chi connectivity index (χ3n) is 2.87. The lowest BCUT2D eigenvalue weighted by molar-refractivity contribution is 0.337. The third kappa shape index (κ3) is 3.65. The van der Waals surface area contributed by atoms with E-state index >= 15 is 0 Å². The van der Waals surface area contributed by atoms with E-state index in [1.807, 2.05) is 12.1 Å².